The van der Waals surface area contributed by atoms with E-state index in [9.17, 15) is 4.79 Å². The summed E-state index contributed by atoms with van der Waals surface area (Å²) in [4.78, 5) is 13.8. The van der Waals surface area contributed by atoms with Crippen molar-refractivity contribution in [1.29, 1.82) is 5.26 Å². The lowest BCUT2D eigenvalue weighted by atomic mass is 10.3. The number of carboxylic acid groups (broad SMARTS) is 1. The van der Waals surface area contributed by atoms with Crippen molar-refractivity contribution in [3.63, 3.8) is 0 Å². The normalized spacial score (nSPS) is 7.33. The highest BCUT2D eigenvalue weighted by molar-refractivity contribution is 5.86. The van der Waals surface area contributed by atoms with Crippen molar-refractivity contribution in [2.24, 2.45) is 0 Å². The second-order valence-electron chi connectivity index (χ2n) is 1.77. The van der Waals surface area contributed by atoms with Crippen LogP contribution in [0.4, 0.5) is 0 Å². The molecule has 0 saturated heterocycles. The molecule has 0 fully saturated rings. The molecule has 0 amide bonds. The lowest BCUT2D eigenvalue weighted by Crippen LogP contribution is -1.94. The monoisotopic (exact) mass is 164 g/mol. The lowest BCUT2D eigenvalue weighted by molar-refractivity contribution is 0.0696. The standard InChI is InChI=1S/C6H5NO2.C2H3N/c8-6(9)5-2-1-3-7-4-5;1-2-3/h1-4H,(H,8,9);1H3. The number of hydrogen-bond donors (Lipinski definition) is 1. The number of aromatic nitrogens is 1. The van der Waals surface area contributed by atoms with E-state index in [2.05, 4.69) is 4.98 Å². The Kier molecular flexibility index (Phi) is 4.94. The van der Waals surface area contributed by atoms with Crippen LogP contribution in [-0.2, 0) is 0 Å². The molecule has 0 atom stereocenters. The van der Waals surface area contributed by atoms with Crippen molar-refractivity contribution in [2.75, 3.05) is 0 Å². The number of hydrogen-bond acceptors (Lipinski definition) is 3. The van der Waals surface area contributed by atoms with Crippen molar-refractivity contribution in [2.45, 2.75) is 6.92 Å². The van der Waals surface area contributed by atoms with E-state index >= 15 is 0 Å². The summed E-state index contributed by atoms with van der Waals surface area (Å²) in [7, 11) is 0. The summed E-state index contributed by atoms with van der Waals surface area (Å²) in [5.41, 5.74) is 0.220. The fourth-order valence-corrected chi connectivity index (χ4v) is 0.489. The third-order valence-electron chi connectivity index (χ3n) is 0.908. The number of nitrogens with zero attached hydrogens (tertiary/aromatic N) is 2. The van der Waals surface area contributed by atoms with Crippen molar-refractivity contribution in [3.8, 4) is 6.07 Å². The van der Waals surface area contributed by atoms with Gasteiger partial charge in [-0.15, -0.1) is 0 Å². The zero-order chi connectivity index (χ0) is 9.40. The molecule has 0 aliphatic heterocycles. The van der Waals surface area contributed by atoms with Gasteiger partial charge in [-0.05, 0) is 12.1 Å². The molecule has 0 aliphatic rings. The molecule has 0 saturated carbocycles. The summed E-state index contributed by atoms with van der Waals surface area (Å²) < 4.78 is 0. The van der Waals surface area contributed by atoms with Gasteiger partial charge in [0.2, 0.25) is 0 Å². The third kappa shape index (κ3) is 4.01. The van der Waals surface area contributed by atoms with Gasteiger partial charge in [-0.2, -0.15) is 5.26 Å². The van der Waals surface area contributed by atoms with Crippen LogP contribution in [0, 0.1) is 11.3 Å². The predicted octanol–water partition coefficient (Wildman–Crippen LogP) is 1.31. The maximum Gasteiger partial charge on any atom is 0.337 e. The van der Waals surface area contributed by atoms with Crippen molar-refractivity contribution >= 4 is 5.97 Å². The molecule has 0 aliphatic carbocycles. The van der Waals surface area contributed by atoms with Crippen LogP contribution in [0.15, 0.2) is 24.5 Å². The Bertz CT molecular complexity index is 277. The SMILES string of the molecule is CC#N.O=C(O)c1cccnc1. The molecule has 1 aromatic rings. The van der Waals surface area contributed by atoms with E-state index in [0.29, 0.717) is 0 Å². The first kappa shape index (κ1) is 10.1. The van der Waals surface area contributed by atoms with Crippen molar-refractivity contribution in [1.82, 2.24) is 4.98 Å². The number of pyridine rings is 1. The van der Waals surface area contributed by atoms with E-state index in [1.165, 1.54) is 25.4 Å². The Morgan fingerprint density at radius 3 is 2.58 bits per heavy atom. The molecule has 1 N–H and O–H groups in total. The maximum absolute atomic E-state index is 10.2. The first-order valence-electron chi connectivity index (χ1n) is 3.16. The minimum absolute atomic E-state index is 0.220. The molecule has 0 aromatic carbocycles. The second kappa shape index (κ2) is 5.86. The molecule has 0 bridgehead atoms. The molecule has 4 nitrogen and oxygen atoms in total. The molecule has 62 valence electrons. The van der Waals surface area contributed by atoms with Gasteiger partial charge < -0.3 is 5.11 Å². The minimum atomic E-state index is -0.942. The molecule has 1 rings (SSSR count). The van der Waals surface area contributed by atoms with E-state index in [1.807, 2.05) is 0 Å². The molecule has 1 aromatic heterocycles. The van der Waals surface area contributed by atoms with Crippen LogP contribution in [0.1, 0.15) is 17.3 Å². The van der Waals surface area contributed by atoms with Gasteiger partial charge in [0.1, 0.15) is 0 Å². The van der Waals surface area contributed by atoms with Crippen LogP contribution in [-0.4, -0.2) is 16.1 Å². The summed E-state index contributed by atoms with van der Waals surface area (Å²) in [6.45, 7) is 1.43. The smallest absolute Gasteiger partial charge is 0.337 e. The summed E-state index contributed by atoms with van der Waals surface area (Å²) in [6.07, 6.45) is 2.84. The van der Waals surface area contributed by atoms with E-state index in [1.54, 1.807) is 12.1 Å². The number of aromatic carboxylic acids is 1. The zero-order valence-corrected chi connectivity index (χ0v) is 6.56. The number of rotatable bonds is 1. The van der Waals surface area contributed by atoms with Gasteiger partial charge in [0, 0.05) is 19.3 Å². The summed E-state index contributed by atoms with van der Waals surface area (Å²) in [6, 6.07) is 4.83. The number of nitriles is 1. The molecule has 0 radical (unpaired) electrons. The Labute approximate surface area is 70.1 Å². The molecule has 0 spiro atoms. The van der Waals surface area contributed by atoms with E-state index in [4.69, 9.17) is 10.4 Å². The van der Waals surface area contributed by atoms with E-state index < -0.39 is 5.97 Å². The summed E-state index contributed by atoms with van der Waals surface area (Å²) in [5.74, 6) is -0.942. The van der Waals surface area contributed by atoms with Gasteiger partial charge >= 0.3 is 5.97 Å². The highest BCUT2D eigenvalue weighted by Gasteiger charge is 1.97. The predicted molar refractivity (Wildman–Crippen MR) is 42.5 cm³/mol. The van der Waals surface area contributed by atoms with E-state index in [-0.39, 0.29) is 5.56 Å². The van der Waals surface area contributed by atoms with Gasteiger partial charge in [0.05, 0.1) is 11.6 Å². The first-order chi connectivity index (χ1) is 5.72. The Morgan fingerprint density at radius 2 is 2.33 bits per heavy atom. The fourth-order valence-electron chi connectivity index (χ4n) is 0.489. The summed E-state index contributed by atoms with van der Waals surface area (Å²) in [5, 5.41) is 15.7. The lowest BCUT2D eigenvalue weighted by Gasteiger charge is -1.87. The van der Waals surface area contributed by atoms with Crippen molar-refractivity contribution in [3.05, 3.63) is 30.1 Å². The largest absolute Gasteiger partial charge is 0.478 e. The highest BCUT2D eigenvalue weighted by atomic mass is 16.4. The second-order valence-corrected chi connectivity index (χ2v) is 1.77. The van der Waals surface area contributed by atoms with Crippen LogP contribution < -0.4 is 0 Å². The van der Waals surface area contributed by atoms with Gasteiger partial charge in [0.25, 0.3) is 0 Å². The molecule has 0 unspecified atom stereocenters. The Hall–Kier alpha value is -1.89. The Balaban J connectivity index is 0.000000354. The average Bonchev–Trinajstić information content (AvgIpc) is 2.07. The molecule has 12 heavy (non-hydrogen) atoms. The number of carbonyl (C=O) groups is 1. The number of carboxylic acids is 1. The highest BCUT2D eigenvalue weighted by Crippen LogP contribution is 1.92. The van der Waals surface area contributed by atoms with Crippen molar-refractivity contribution < 1.29 is 9.90 Å². The Morgan fingerprint density at radius 1 is 1.75 bits per heavy atom. The maximum atomic E-state index is 10.2. The van der Waals surface area contributed by atoms with Gasteiger partial charge in [-0.3, -0.25) is 4.98 Å². The molecule has 4 heteroatoms. The fraction of sp³-hybridized carbons (Fsp3) is 0.125. The van der Waals surface area contributed by atoms with Crippen LogP contribution in [0.5, 0.6) is 0 Å². The average molecular weight is 164 g/mol. The quantitative estimate of drug-likeness (QED) is 0.679. The molecular formula is C8H8N2O2. The van der Waals surface area contributed by atoms with Crippen LogP contribution >= 0.6 is 0 Å². The molecule has 1 heterocycles. The van der Waals surface area contributed by atoms with Crippen LogP contribution in [0.3, 0.4) is 0 Å². The molecular weight excluding hydrogens is 156 g/mol. The van der Waals surface area contributed by atoms with Gasteiger partial charge in [-0.1, -0.05) is 0 Å². The summed E-state index contributed by atoms with van der Waals surface area (Å²) >= 11 is 0. The van der Waals surface area contributed by atoms with Crippen LogP contribution in [0.2, 0.25) is 0 Å². The van der Waals surface area contributed by atoms with E-state index in [0.717, 1.165) is 0 Å². The van der Waals surface area contributed by atoms with Crippen LogP contribution in [0.25, 0.3) is 0 Å². The van der Waals surface area contributed by atoms with Gasteiger partial charge in [-0.25, -0.2) is 4.79 Å². The topological polar surface area (TPSA) is 74.0 Å². The zero-order valence-electron chi connectivity index (χ0n) is 6.56. The van der Waals surface area contributed by atoms with Gasteiger partial charge in [0.15, 0.2) is 0 Å². The first-order valence-corrected chi connectivity index (χ1v) is 3.16. The minimum Gasteiger partial charge on any atom is -0.478 e. The third-order valence-corrected chi connectivity index (χ3v) is 0.908.